The second kappa shape index (κ2) is 5.86. The molecule has 1 rings (SSSR count). The first-order chi connectivity index (χ1) is 8.81. The summed E-state index contributed by atoms with van der Waals surface area (Å²) in [5.74, 6) is 1.85. The molecule has 0 aromatic carbocycles. The average molecular weight is 265 g/mol. The lowest BCUT2D eigenvalue weighted by Gasteiger charge is -2.23. The minimum Gasteiger partial charge on any atom is -0.383 e. The molecule has 19 heavy (non-hydrogen) atoms. The summed E-state index contributed by atoms with van der Waals surface area (Å²) in [6.45, 7) is 8.07. The summed E-state index contributed by atoms with van der Waals surface area (Å²) >= 11 is 0. The Morgan fingerprint density at radius 3 is 2.53 bits per heavy atom. The van der Waals surface area contributed by atoms with Gasteiger partial charge in [-0.3, -0.25) is 4.79 Å². The average Bonchev–Trinajstić information content (AvgIpc) is 2.39. The van der Waals surface area contributed by atoms with Crippen molar-refractivity contribution in [2.24, 2.45) is 5.41 Å². The van der Waals surface area contributed by atoms with Crippen LogP contribution in [0.5, 0.6) is 0 Å². The summed E-state index contributed by atoms with van der Waals surface area (Å²) in [5, 5.41) is 5.85. The summed E-state index contributed by atoms with van der Waals surface area (Å²) in [6, 6.07) is 0. The SMILES string of the molecule is CCc1nc(N)c(C)c(NCC(C)(C)C(=O)NC)n1. The van der Waals surface area contributed by atoms with Crippen LogP contribution in [0.4, 0.5) is 11.6 Å². The Morgan fingerprint density at radius 1 is 1.37 bits per heavy atom. The lowest BCUT2D eigenvalue weighted by atomic mass is 9.92. The second-order valence-electron chi connectivity index (χ2n) is 5.17. The third-order valence-electron chi connectivity index (χ3n) is 3.09. The third kappa shape index (κ3) is 3.56. The fourth-order valence-corrected chi connectivity index (χ4v) is 1.64. The molecule has 106 valence electrons. The molecular weight excluding hydrogens is 242 g/mol. The van der Waals surface area contributed by atoms with Crippen molar-refractivity contribution >= 4 is 17.5 Å². The second-order valence-corrected chi connectivity index (χ2v) is 5.17. The summed E-state index contributed by atoms with van der Waals surface area (Å²) in [4.78, 5) is 20.3. The molecule has 0 unspecified atom stereocenters. The molecule has 1 heterocycles. The van der Waals surface area contributed by atoms with E-state index >= 15 is 0 Å². The van der Waals surface area contributed by atoms with Crippen molar-refractivity contribution in [3.8, 4) is 0 Å². The molecule has 4 N–H and O–H groups in total. The number of nitrogens with two attached hydrogens (primary N) is 1. The van der Waals surface area contributed by atoms with Crippen LogP contribution in [0, 0.1) is 12.3 Å². The molecule has 0 spiro atoms. The van der Waals surface area contributed by atoms with E-state index < -0.39 is 5.41 Å². The molecule has 0 radical (unpaired) electrons. The first-order valence-electron chi connectivity index (χ1n) is 6.40. The van der Waals surface area contributed by atoms with E-state index in [0.717, 1.165) is 12.0 Å². The molecule has 1 aromatic rings. The van der Waals surface area contributed by atoms with Gasteiger partial charge in [0.15, 0.2) is 0 Å². The summed E-state index contributed by atoms with van der Waals surface area (Å²) < 4.78 is 0. The highest BCUT2D eigenvalue weighted by molar-refractivity contribution is 5.82. The van der Waals surface area contributed by atoms with Gasteiger partial charge in [-0.05, 0) is 20.8 Å². The number of carbonyl (C=O) groups is 1. The van der Waals surface area contributed by atoms with Gasteiger partial charge in [0.05, 0.1) is 5.41 Å². The van der Waals surface area contributed by atoms with E-state index in [9.17, 15) is 4.79 Å². The zero-order valence-corrected chi connectivity index (χ0v) is 12.3. The number of anilines is 2. The quantitative estimate of drug-likeness (QED) is 0.741. The van der Waals surface area contributed by atoms with Gasteiger partial charge in [-0.2, -0.15) is 0 Å². The lowest BCUT2D eigenvalue weighted by molar-refractivity contribution is -0.128. The van der Waals surface area contributed by atoms with Crippen LogP contribution < -0.4 is 16.4 Å². The molecule has 0 aliphatic rings. The van der Waals surface area contributed by atoms with Gasteiger partial charge >= 0.3 is 0 Å². The van der Waals surface area contributed by atoms with Crippen LogP contribution in [0.3, 0.4) is 0 Å². The first-order valence-corrected chi connectivity index (χ1v) is 6.40. The van der Waals surface area contributed by atoms with E-state index in [1.807, 2.05) is 27.7 Å². The van der Waals surface area contributed by atoms with Crippen molar-refractivity contribution in [2.75, 3.05) is 24.6 Å². The standard InChI is InChI=1S/C13H23N5O/c1-6-9-17-10(14)8(2)11(18-9)16-7-13(3,4)12(19)15-5/h6-7H2,1-5H3,(H,15,19)(H3,14,16,17,18). The highest BCUT2D eigenvalue weighted by Gasteiger charge is 2.26. The number of aryl methyl sites for hydroxylation is 1. The topological polar surface area (TPSA) is 92.9 Å². The third-order valence-corrected chi connectivity index (χ3v) is 3.09. The number of nitrogens with zero attached hydrogens (tertiary/aromatic N) is 2. The van der Waals surface area contributed by atoms with Crippen molar-refractivity contribution in [3.63, 3.8) is 0 Å². The molecule has 0 saturated heterocycles. The Kier molecular flexibility index (Phi) is 4.69. The van der Waals surface area contributed by atoms with Crippen molar-refractivity contribution in [2.45, 2.75) is 34.1 Å². The maximum absolute atomic E-state index is 11.7. The van der Waals surface area contributed by atoms with Crippen LogP contribution in [-0.2, 0) is 11.2 Å². The molecule has 0 bridgehead atoms. The van der Waals surface area contributed by atoms with E-state index in [0.29, 0.717) is 24.0 Å². The molecule has 1 amide bonds. The maximum Gasteiger partial charge on any atom is 0.227 e. The maximum atomic E-state index is 11.7. The molecule has 6 heteroatoms. The van der Waals surface area contributed by atoms with Crippen LogP contribution in [-0.4, -0.2) is 29.5 Å². The molecule has 6 nitrogen and oxygen atoms in total. The Balaban J connectivity index is 2.89. The number of hydrogen-bond donors (Lipinski definition) is 3. The molecular formula is C13H23N5O. The number of hydrogen-bond acceptors (Lipinski definition) is 5. The first kappa shape index (κ1) is 15.2. The van der Waals surface area contributed by atoms with Crippen LogP contribution in [0.2, 0.25) is 0 Å². The molecule has 0 saturated carbocycles. The van der Waals surface area contributed by atoms with Gasteiger partial charge in [0.25, 0.3) is 0 Å². The number of nitrogens with one attached hydrogen (secondary N) is 2. The van der Waals surface area contributed by atoms with Crippen LogP contribution >= 0.6 is 0 Å². The van der Waals surface area contributed by atoms with E-state index in [1.165, 1.54) is 0 Å². The molecule has 0 aliphatic carbocycles. The van der Waals surface area contributed by atoms with Gasteiger partial charge in [0.1, 0.15) is 17.5 Å². The number of aromatic nitrogens is 2. The Morgan fingerprint density at radius 2 is 2.00 bits per heavy atom. The molecule has 1 aromatic heterocycles. The van der Waals surface area contributed by atoms with Crippen molar-refractivity contribution < 1.29 is 4.79 Å². The zero-order valence-electron chi connectivity index (χ0n) is 12.3. The van der Waals surface area contributed by atoms with Crippen LogP contribution in [0.1, 0.15) is 32.2 Å². The van der Waals surface area contributed by atoms with Crippen molar-refractivity contribution in [1.29, 1.82) is 0 Å². The van der Waals surface area contributed by atoms with E-state index in [4.69, 9.17) is 5.73 Å². The van der Waals surface area contributed by atoms with Crippen molar-refractivity contribution in [1.82, 2.24) is 15.3 Å². The predicted octanol–water partition coefficient (Wildman–Crippen LogP) is 1.11. The fraction of sp³-hybridized carbons (Fsp3) is 0.615. The van der Waals surface area contributed by atoms with Gasteiger partial charge in [-0.1, -0.05) is 6.92 Å². The van der Waals surface area contributed by atoms with Gasteiger partial charge < -0.3 is 16.4 Å². The zero-order chi connectivity index (χ0) is 14.6. The lowest BCUT2D eigenvalue weighted by Crippen LogP contribution is -2.39. The summed E-state index contributed by atoms with van der Waals surface area (Å²) in [5.41, 5.74) is 6.14. The highest BCUT2D eigenvalue weighted by atomic mass is 16.2. The van der Waals surface area contributed by atoms with Gasteiger partial charge in [-0.15, -0.1) is 0 Å². The van der Waals surface area contributed by atoms with E-state index in [1.54, 1.807) is 7.05 Å². The van der Waals surface area contributed by atoms with Gasteiger partial charge in [0.2, 0.25) is 5.91 Å². The summed E-state index contributed by atoms with van der Waals surface area (Å²) in [6.07, 6.45) is 0.720. The molecule has 0 fully saturated rings. The van der Waals surface area contributed by atoms with Gasteiger partial charge in [-0.25, -0.2) is 9.97 Å². The number of carbonyl (C=O) groups excluding carboxylic acids is 1. The smallest absolute Gasteiger partial charge is 0.227 e. The van der Waals surface area contributed by atoms with E-state index in [-0.39, 0.29) is 5.91 Å². The Hall–Kier alpha value is -1.85. The minimum atomic E-state index is -0.521. The van der Waals surface area contributed by atoms with Crippen LogP contribution in [0.15, 0.2) is 0 Å². The van der Waals surface area contributed by atoms with E-state index in [2.05, 4.69) is 20.6 Å². The Labute approximate surface area is 114 Å². The van der Waals surface area contributed by atoms with Gasteiger partial charge in [0, 0.05) is 25.6 Å². The molecule has 0 aliphatic heterocycles. The fourth-order valence-electron chi connectivity index (χ4n) is 1.64. The highest BCUT2D eigenvalue weighted by Crippen LogP contribution is 2.21. The predicted molar refractivity (Wildman–Crippen MR) is 76.9 cm³/mol. The minimum absolute atomic E-state index is 0.0182. The largest absolute Gasteiger partial charge is 0.383 e. The summed E-state index contributed by atoms with van der Waals surface area (Å²) in [7, 11) is 1.63. The van der Waals surface area contributed by atoms with Crippen LogP contribution in [0.25, 0.3) is 0 Å². The number of nitrogen functional groups attached to an aromatic ring is 1. The molecule has 0 atom stereocenters. The number of rotatable bonds is 5. The van der Waals surface area contributed by atoms with Crippen molar-refractivity contribution in [3.05, 3.63) is 11.4 Å². The Bertz CT molecular complexity index is 470. The monoisotopic (exact) mass is 265 g/mol. The number of amides is 1. The normalized spacial score (nSPS) is 11.2.